The van der Waals surface area contributed by atoms with Crippen LogP contribution in [0.4, 0.5) is 0 Å². The molecular formula is C22H24N2O3S. The van der Waals surface area contributed by atoms with Crippen molar-refractivity contribution in [3.05, 3.63) is 82.4 Å². The van der Waals surface area contributed by atoms with E-state index in [1.54, 1.807) is 22.1 Å². The number of furan rings is 1. The highest BCUT2D eigenvalue weighted by molar-refractivity contribution is 7.12. The Morgan fingerprint density at radius 1 is 0.964 bits per heavy atom. The lowest BCUT2D eigenvalue weighted by molar-refractivity contribution is -0.133. The van der Waals surface area contributed by atoms with Crippen LogP contribution in [-0.2, 0) is 17.9 Å². The summed E-state index contributed by atoms with van der Waals surface area (Å²) in [5.74, 6) is 0.525. The molecule has 0 spiro atoms. The largest absolute Gasteiger partial charge is 0.467 e. The van der Waals surface area contributed by atoms with Crippen LogP contribution in [0.1, 0.15) is 34.3 Å². The quantitative estimate of drug-likeness (QED) is 0.538. The van der Waals surface area contributed by atoms with Gasteiger partial charge in [-0.3, -0.25) is 9.59 Å². The molecule has 0 saturated carbocycles. The normalized spacial score (nSPS) is 10.6. The predicted octanol–water partition coefficient (Wildman–Crippen LogP) is 4.42. The third-order valence-corrected chi connectivity index (χ3v) is 5.19. The van der Waals surface area contributed by atoms with Crippen molar-refractivity contribution in [3.63, 3.8) is 0 Å². The van der Waals surface area contributed by atoms with Crippen molar-refractivity contribution in [2.45, 2.75) is 26.4 Å². The molecule has 0 saturated heterocycles. The zero-order chi connectivity index (χ0) is 19.8. The summed E-state index contributed by atoms with van der Waals surface area (Å²) in [5, 5.41) is 1.87. The minimum atomic E-state index is -0.0985. The van der Waals surface area contributed by atoms with E-state index in [4.69, 9.17) is 4.42 Å². The van der Waals surface area contributed by atoms with Gasteiger partial charge in [0.15, 0.2) is 0 Å². The van der Waals surface area contributed by atoms with Gasteiger partial charge >= 0.3 is 0 Å². The lowest BCUT2D eigenvalue weighted by Crippen LogP contribution is -2.42. The van der Waals surface area contributed by atoms with Crippen LogP contribution in [0.5, 0.6) is 0 Å². The van der Waals surface area contributed by atoms with Gasteiger partial charge in [0.2, 0.25) is 5.91 Å². The molecular weight excluding hydrogens is 372 g/mol. The van der Waals surface area contributed by atoms with Crippen LogP contribution in [0.15, 0.2) is 70.7 Å². The summed E-state index contributed by atoms with van der Waals surface area (Å²) in [7, 11) is 0. The Kier molecular flexibility index (Phi) is 7.03. The molecule has 2 heterocycles. The van der Waals surface area contributed by atoms with Crippen LogP contribution in [0.2, 0.25) is 0 Å². The van der Waals surface area contributed by atoms with Crippen molar-refractivity contribution in [3.8, 4) is 0 Å². The van der Waals surface area contributed by atoms with Gasteiger partial charge in [-0.2, -0.15) is 0 Å². The minimum Gasteiger partial charge on any atom is -0.467 e. The molecule has 3 rings (SSSR count). The molecule has 0 aliphatic heterocycles. The Morgan fingerprint density at radius 2 is 1.79 bits per heavy atom. The van der Waals surface area contributed by atoms with Gasteiger partial charge in [-0.25, -0.2) is 0 Å². The fourth-order valence-electron chi connectivity index (χ4n) is 2.97. The van der Waals surface area contributed by atoms with E-state index in [9.17, 15) is 9.59 Å². The second kappa shape index (κ2) is 9.90. The molecule has 146 valence electrons. The topological polar surface area (TPSA) is 53.8 Å². The van der Waals surface area contributed by atoms with Gasteiger partial charge in [0.05, 0.1) is 17.7 Å². The van der Waals surface area contributed by atoms with Crippen molar-refractivity contribution in [1.82, 2.24) is 9.80 Å². The molecule has 0 atom stereocenters. The summed E-state index contributed by atoms with van der Waals surface area (Å²) in [6.07, 6.45) is 2.39. The molecule has 2 amide bonds. The number of amides is 2. The molecule has 1 aromatic carbocycles. The first kappa shape index (κ1) is 19.9. The first-order valence-electron chi connectivity index (χ1n) is 9.34. The molecule has 0 unspecified atom stereocenters. The maximum absolute atomic E-state index is 13.1. The molecule has 0 radical (unpaired) electrons. The second-order valence-corrected chi connectivity index (χ2v) is 7.47. The van der Waals surface area contributed by atoms with Crippen molar-refractivity contribution >= 4 is 23.2 Å². The summed E-state index contributed by atoms with van der Waals surface area (Å²) >= 11 is 1.40. The number of carbonyl (C=O) groups excluding carboxylic acids is 2. The molecule has 3 aromatic rings. The molecule has 5 nitrogen and oxygen atoms in total. The lowest BCUT2D eigenvalue weighted by Gasteiger charge is -2.27. The maximum atomic E-state index is 13.1. The molecule has 0 fully saturated rings. The molecule has 0 N–H and O–H groups in total. The van der Waals surface area contributed by atoms with E-state index in [1.807, 2.05) is 60.8 Å². The average molecular weight is 397 g/mol. The monoisotopic (exact) mass is 396 g/mol. The van der Waals surface area contributed by atoms with E-state index in [-0.39, 0.29) is 18.4 Å². The number of hydrogen-bond acceptors (Lipinski definition) is 4. The van der Waals surface area contributed by atoms with Crippen LogP contribution in [0.3, 0.4) is 0 Å². The van der Waals surface area contributed by atoms with Gasteiger partial charge in [-0.15, -0.1) is 11.3 Å². The second-order valence-electron chi connectivity index (χ2n) is 6.52. The molecule has 28 heavy (non-hydrogen) atoms. The van der Waals surface area contributed by atoms with E-state index < -0.39 is 0 Å². The summed E-state index contributed by atoms with van der Waals surface area (Å²) in [6.45, 7) is 3.44. The Labute approximate surface area is 169 Å². The highest BCUT2D eigenvalue weighted by atomic mass is 32.1. The molecule has 0 bridgehead atoms. The Hall–Kier alpha value is -2.86. The Balaban J connectivity index is 1.75. The van der Waals surface area contributed by atoms with E-state index in [1.165, 1.54) is 11.3 Å². The zero-order valence-corrected chi connectivity index (χ0v) is 16.7. The zero-order valence-electron chi connectivity index (χ0n) is 15.9. The SMILES string of the molecule is CCCN(CC(=O)N(Cc1ccccc1)Cc1ccco1)C(=O)c1cccs1. The number of nitrogens with zero attached hydrogens (tertiary/aromatic N) is 2. The average Bonchev–Trinajstić information content (AvgIpc) is 3.41. The molecule has 0 aliphatic rings. The third kappa shape index (κ3) is 5.33. The number of thiophene rings is 1. The van der Waals surface area contributed by atoms with Crippen LogP contribution in [0, 0.1) is 0 Å². The summed E-state index contributed by atoms with van der Waals surface area (Å²) < 4.78 is 5.44. The van der Waals surface area contributed by atoms with Crippen LogP contribution >= 0.6 is 11.3 Å². The summed E-state index contributed by atoms with van der Waals surface area (Å²) in [6, 6.07) is 17.1. The van der Waals surface area contributed by atoms with E-state index >= 15 is 0 Å². The van der Waals surface area contributed by atoms with E-state index in [0.717, 1.165) is 17.7 Å². The molecule has 2 aromatic heterocycles. The highest BCUT2D eigenvalue weighted by Gasteiger charge is 2.23. The van der Waals surface area contributed by atoms with Crippen molar-refractivity contribution in [1.29, 1.82) is 0 Å². The highest BCUT2D eigenvalue weighted by Crippen LogP contribution is 2.15. The number of hydrogen-bond donors (Lipinski definition) is 0. The smallest absolute Gasteiger partial charge is 0.264 e. The lowest BCUT2D eigenvalue weighted by atomic mass is 10.2. The third-order valence-electron chi connectivity index (χ3n) is 4.33. The fraction of sp³-hybridized carbons (Fsp3) is 0.273. The van der Waals surface area contributed by atoms with Crippen LogP contribution < -0.4 is 0 Å². The first-order chi connectivity index (χ1) is 13.7. The number of carbonyl (C=O) groups is 2. The summed E-state index contributed by atoms with van der Waals surface area (Å²) in [4.78, 5) is 29.9. The van der Waals surface area contributed by atoms with Gasteiger partial charge < -0.3 is 14.2 Å². The van der Waals surface area contributed by atoms with Crippen molar-refractivity contribution < 1.29 is 14.0 Å². The van der Waals surface area contributed by atoms with Gasteiger partial charge in [0, 0.05) is 13.1 Å². The number of rotatable bonds is 9. The van der Waals surface area contributed by atoms with Crippen LogP contribution in [-0.4, -0.2) is 34.7 Å². The predicted molar refractivity (Wildman–Crippen MR) is 110 cm³/mol. The van der Waals surface area contributed by atoms with Gasteiger partial charge in [0.1, 0.15) is 12.3 Å². The standard InChI is InChI=1S/C22H24N2O3S/c1-2-12-23(22(26)20-11-7-14-28-20)17-21(25)24(16-19-10-6-13-27-19)15-18-8-4-3-5-9-18/h3-11,13-14H,2,12,15-17H2,1H3. The van der Waals surface area contributed by atoms with E-state index in [0.29, 0.717) is 24.5 Å². The van der Waals surface area contributed by atoms with Crippen molar-refractivity contribution in [2.24, 2.45) is 0 Å². The van der Waals surface area contributed by atoms with Gasteiger partial charge in [-0.05, 0) is 35.6 Å². The minimum absolute atomic E-state index is 0.0537. The summed E-state index contributed by atoms with van der Waals surface area (Å²) in [5.41, 5.74) is 1.04. The fourth-order valence-corrected chi connectivity index (χ4v) is 3.66. The molecule has 0 aliphatic carbocycles. The van der Waals surface area contributed by atoms with Crippen molar-refractivity contribution in [2.75, 3.05) is 13.1 Å². The maximum Gasteiger partial charge on any atom is 0.264 e. The van der Waals surface area contributed by atoms with Gasteiger partial charge in [0.25, 0.3) is 5.91 Å². The van der Waals surface area contributed by atoms with Gasteiger partial charge in [-0.1, -0.05) is 43.3 Å². The Morgan fingerprint density at radius 3 is 2.43 bits per heavy atom. The number of benzene rings is 1. The van der Waals surface area contributed by atoms with E-state index in [2.05, 4.69) is 0 Å². The van der Waals surface area contributed by atoms with Crippen LogP contribution in [0.25, 0.3) is 0 Å². The Bertz CT molecular complexity index is 861. The first-order valence-corrected chi connectivity index (χ1v) is 10.2. The molecule has 6 heteroatoms.